The molecule has 128 valence electrons. The van der Waals surface area contributed by atoms with E-state index in [-0.39, 0.29) is 13.2 Å². The van der Waals surface area contributed by atoms with Gasteiger partial charge in [0.15, 0.2) is 6.04 Å². The van der Waals surface area contributed by atoms with Gasteiger partial charge in [0, 0.05) is 23.9 Å². The van der Waals surface area contributed by atoms with E-state index in [4.69, 9.17) is 21.3 Å². The number of fused-ring (bicyclic) bond motifs is 1. The third-order valence-electron chi connectivity index (χ3n) is 3.53. The molecule has 2 aromatic carbocycles. The number of hydrogen-bond donors (Lipinski definition) is 0. The maximum Gasteiger partial charge on any atom is 0.332 e. The molecule has 0 saturated heterocycles. The van der Waals surface area contributed by atoms with Crippen LogP contribution in [-0.4, -0.2) is 42.2 Å². The molecule has 0 N–H and O–H groups in total. The first-order valence-corrected chi connectivity index (χ1v) is 8.15. The highest BCUT2D eigenvalue weighted by molar-refractivity contribution is 6.27. The fraction of sp³-hybridized carbons (Fsp3) is 0.333. The van der Waals surface area contributed by atoms with Gasteiger partial charge in [0.1, 0.15) is 0 Å². The molecule has 0 spiro atoms. The maximum absolute atomic E-state index is 12.8. The molecular formula is C18H20ClNO4. The number of halogens is 1. The molecule has 0 radical (unpaired) electrons. The zero-order valence-corrected chi connectivity index (χ0v) is 14.5. The van der Waals surface area contributed by atoms with Gasteiger partial charge in [0.25, 0.3) is 5.91 Å². The minimum Gasteiger partial charge on any atom is -0.464 e. The van der Waals surface area contributed by atoms with E-state index in [1.54, 1.807) is 26.0 Å². The normalized spacial score (nSPS) is 12.0. The van der Waals surface area contributed by atoms with Gasteiger partial charge in [0.2, 0.25) is 0 Å². The molecule has 0 aliphatic carbocycles. The molecule has 1 atom stereocenters. The number of esters is 1. The lowest BCUT2D eigenvalue weighted by Crippen LogP contribution is -2.43. The summed E-state index contributed by atoms with van der Waals surface area (Å²) in [7, 11) is 0. The molecular weight excluding hydrogens is 330 g/mol. The molecule has 0 bridgehead atoms. The van der Waals surface area contributed by atoms with Gasteiger partial charge in [-0.1, -0.05) is 36.4 Å². The van der Waals surface area contributed by atoms with E-state index in [0.717, 1.165) is 15.2 Å². The summed E-state index contributed by atoms with van der Waals surface area (Å²) in [6.45, 7) is 4.08. The highest BCUT2D eigenvalue weighted by Gasteiger charge is 2.31. The summed E-state index contributed by atoms with van der Waals surface area (Å²) in [5, 5.41) is 1.69. The summed E-state index contributed by atoms with van der Waals surface area (Å²) in [6, 6.07) is 11.9. The van der Waals surface area contributed by atoms with E-state index in [1.807, 2.05) is 30.3 Å². The molecule has 1 amide bonds. The van der Waals surface area contributed by atoms with Crippen LogP contribution in [0.1, 0.15) is 24.2 Å². The predicted octanol–water partition coefficient (Wildman–Crippen LogP) is 3.40. The zero-order chi connectivity index (χ0) is 17.5. The van der Waals surface area contributed by atoms with Crippen molar-refractivity contribution in [2.75, 3.05) is 19.8 Å². The summed E-state index contributed by atoms with van der Waals surface area (Å²) >= 11 is 6.20. The van der Waals surface area contributed by atoms with E-state index in [1.165, 1.54) is 0 Å². The van der Waals surface area contributed by atoms with Crippen molar-refractivity contribution < 1.29 is 19.1 Å². The molecule has 0 fully saturated rings. The molecule has 24 heavy (non-hydrogen) atoms. The monoisotopic (exact) mass is 349 g/mol. The van der Waals surface area contributed by atoms with E-state index in [2.05, 4.69) is 0 Å². The van der Waals surface area contributed by atoms with E-state index >= 15 is 0 Å². The van der Waals surface area contributed by atoms with Crippen molar-refractivity contribution in [3.05, 3.63) is 48.0 Å². The van der Waals surface area contributed by atoms with Gasteiger partial charge >= 0.3 is 5.97 Å². The lowest BCUT2D eigenvalue weighted by atomic mass is 10.0. The Morgan fingerprint density at radius 3 is 2.50 bits per heavy atom. The fourth-order valence-electron chi connectivity index (χ4n) is 2.36. The second-order valence-electron chi connectivity index (χ2n) is 5.07. The van der Waals surface area contributed by atoms with Gasteiger partial charge in [-0.25, -0.2) is 9.21 Å². The Morgan fingerprint density at radius 1 is 1.08 bits per heavy atom. The second kappa shape index (κ2) is 8.66. The Bertz CT molecular complexity index is 714. The number of rotatable bonds is 7. The Labute approximate surface area is 146 Å². The van der Waals surface area contributed by atoms with Gasteiger partial charge in [-0.05, 0) is 30.7 Å². The number of benzene rings is 2. The maximum atomic E-state index is 12.8. The molecule has 0 saturated carbocycles. The number of carbonyl (C=O) groups is 2. The highest BCUT2D eigenvalue weighted by atomic mass is 35.5. The van der Waals surface area contributed by atoms with Crippen LogP contribution in [0, 0.1) is 0 Å². The minimum atomic E-state index is -1.00. The Balaban J connectivity index is 2.32. The first-order valence-electron chi connectivity index (χ1n) is 7.81. The Morgan fingerprint density at radius 2 is 1.79 bits per heavy atom. The molecule has 5 nitrogen and oxygen atoms in total. The summed E-state index contributed by atoms with van der Waals surface area (Å²) in [4.78, 5) is 24.9. The minimum absolute atomic E-state index is 0.0185. The number of amides is 1. The average molecular weight is 350 g/mol. The molecule has 1 unspecified atom stereocenters. The molecule has 0 aromatic heterocycles. The standard InChI is InChI=1S/C18H20ClNO4/c1-3-23-12-16(18(22)24-4-2)20(19)17(21)15-11-7-9-13-8-5-6-10-14(13)15/h5-11,16H,3-4,12H2,1-2H3. The molecule has 0 aliphatic heterocycles. The predicted molar refractivity (Wildman–Crippen MR) is 92.9 cm³/mol. The van der Waals surface area contributed by atoms with Crippen LogP contribution >= 0.6 is 11.8 Å². The van der Waals surface area contributed by atoms with Gasteiger partial charge in [-0.3, -0.25) is 4.79 Å². The number of hydrogen-bond acceptors (Lipinski definition) is 4. The lowest BCUT2D eigenvalue weighted by Gasteiger charge is -2.24. The average Bonchev–Trinajstić information content (AvgIpc) is 2.61. The van der Waals surface area contributed by atoms with Crippen molar-refractivity contribution in [1.82, 2.24) is 4.42 Å². The third-order valence-corrected chi connectivity index (χ3v) is 3.92. The van der Waals surface area contributed by atoms with Crippen LogP contribution in [0.15, 0.2) is 42.5 Å². The van der Waals surface area contributed by atoms with Crippen molar-refractivity contribution in [3.8, 4) is 0 Å². The quantitative estimate of drug-likeness (QED) is 0.568. The van der Waals surface area contributed by atoms with Crippen molar-refractivity contribution in [3.63, 3.8) is 0 Å². The van der Waals surface area contributed by atoms with Crippen LogP contribution in [0.5, 0.6) is 0 Å². The summed E-state index contributed by atoms with van der Waals surface area (Å²) in [6.07, 6.45) is 0. The SMILES string of the molecule is CCOCC(C(=O)OCC)N(Cl)C(=O)c1cccc2ccccc12. The second-order valence-corrected chi connectivity index (χ2v) is 5.43. The van der Waals surface area contributed by atoms with E-state index in [0.29, 0.717) is 12.2 Å². The number of nitrogens with zero attached hydrogens (tertiary/aromatic N) is 1. The van der Waals surface area contributed by atoms with Crippen molar-refractivity contribution in [2.45, 2.75) is 19.9 Å². The van der Waals surface area contributed by atoms with Crippen LogP contribution in [0.4, 0.5) is 0 Å². The molecule has 0 heterocycles. The smallest absolute Gasteiger partial charge is 0.332 e. The largest absolute Gasteiger partial charge is 0.464 e. The number of carbonyl (C=O) groups excluding carboxylic acids is 2. The third kappa shape index (κ3) is 4.04. The van der Waals surface area contributed by atoms with E-state index < -0.39 is 17.9 Å². The van der Waals surface area contributed by atoms with Crippen molar-refractivity contribution in [1.29, 1.82) is 0 Å². The Kier molecular flexibility index (Phi) is 6.58. The molecule has 2 aromatic rings. The molecule has 6 heteroatoms. The van der Waals surface area contributed by atoms with Gasteiger partial charge in [-0.15, -0.1) is 0 Å². The van der Waals surface area contributed by atoms with Crippen LogP contribution < -0.4 is 0 Å². The van der Waals surface area contributed by atoms with Crippen LogP contribution in [0.25, 0.3) is 10.8 Å². The number of ether oxygens (including phenoxy) is 2. The fourth-order valence-corrected chi connectivity index (χ4v) is 2.59. The van der Waals surface area contributed by atoms with Gasteiger partial charge in [-0.2, -0.15) is 0 Å². The summed E-state index contributed by atoms with van der Waals surface area (Å²) in [5.74, 6) is -1.05. The highest BCUT2D eigenvalue weighted by Crippen LogP contribution is 2.22. The zero-order valence-electron chi connectivity index (χ0n) is 13.7. The molecule has 0 aliphatic rings. The van der Waals surface area contributed by atoms with Crippen molar-refractivity contribution >= 4 is 34.4 Å². The summed E-state index contributed by atoms with van der Waals surface area (Å²) in [5.41, 5.74) is 0.425. The summed E-state index contributed by atoms with van der Waals surface area (Å²) < 4.78 is 11.1. The van der Waals surface area contributed by atoms with Crippen molar-refractivity contribution in [2.24, 2.45) is 0 Å². The van der Waals surface area contributed by atoms with Gasteiger partial charge < -0.3 is 9.47 Å². The lowest BCUT2D eigenvalue weighted by molar-refractivity contribution is -0.149. The van der Waals surface area contributed by atoms with Gasteiger partial charge in [0.05, 0.1) is 13.2 Å². The first kappa shape index (κ1) is 18.2. The topological polar surface area (TPSA) is 55.8 Å². The molecule has 2 rings (SSSR count). The van der Waals surface area contributed by atoms with Crippen LogP contribution in [0.3, 0.4) is 0 Å². The van der Waals surface area contributed by atoms with Crippen LogP contribution in [0.2, 0.25) is 0 Å². The first-order chi connectivity index (χ1) is 11.6. The van der Waals surface area contributed by atoms with E-state index in [9.17, 15) is 9.59 Å². The Hall–Kier alpha value is -2.11. The van der Waals surface area contributed by atoms with Crippen LogP contribution in [-0.2, 0) is 14.3 Å².